The SMILES string of the molecule is Cc1[c-]cccc1.Cc1[c-]cccc1.Cc1[c-]cccc1.[U+3]. The van der Waals surface area contributed by atoms with E-state index in [0.717, 1.165) is 0 Å². The molecule has 109 valence electrons. The van der Waals surface area contributed by atoms with Crippen LogP contribution in [0.25, 0.3) is 0 Å². The van der Waals surface area contributed by atoms with Crippen LogP contribution in [0, 0.1) is 70.1 Å². The minimum atomic E-state index is 0. The molecule has 0 N–H and O–H groups in total. The molecule has 0 fully saturated rings. The molecule has 0 unspecified atom stereocenters. The molecule has 0 amide bonds. The van der Waals surface area contributed by atoms with Gasteiger partial charge in [-0.2, -0.15) is 108 Å². The number of hydrogen-bond acceptors (Lipinski definition) is 0. The van der Waals surface area contributed by atoms with Crippen LogP contribution in [0.15, 0.2) is 72.8 Å². The molecule has 3 aromatic carbocycles. The van der Waals surface area contributed by atoms with Crippen molar-refractivity contribution in [3.63, 3.8) is 0 Å². The zero-order valence-corrected chi connectivity index (χ0v) is 17.6. The normalized spacial score (nSPS) is 8.32. The Kier molecular flexibility index (Phi) is 12.6. The summed E-state index contributed by atoms with van der Waals surface area (Å²) in [7, 11) is 0. The molecule has 0 spiro atoms. The van der Waals surface area contributed by atoms with Gasteiger partial charge in [-0.05, 0) is 0 Å². The molecule has 1 heteroatoms. The van der Waals surface area contributed by atoms with Crippen LogP contribution in [0.2, 0.25) is 0 Å². The third kappa shape index (κ3) is 11.4. The van der Waals surface area contributed by atoms with Crippen LogP contribution < -0.4 is 0 Å². The van der Waals surface area contributed by atoms with E-state index < -0.39 is 0 Å². The van der Waals surface area contributed by atoms with Crippen molar-refractivity contribution in [2.45, 2.75) is 20.8 Å². The molecule has 0 aliphatic carbocycles. The molecule has 0 bridgehead atoms. The van der Waals surface area contributed by atoms with Gasteiger partial charge in [-0.1, -0.05) is 20.8 Å². The fourth-order valence-corrected chi connectivity index (χ4v) is 1.45. The molecule has 0 aliphatic rings. The molecule has 0 aliphatic heterocycles. The van der Waals surface area contributed by atoms with Crippen molar-refractivity contribution in [1.82, 2.24) is 0 Å². The van der Waals surface area contributed by atoms with Crippen LogP contribution in [-0.4, -0.2) is 0 Å². The molecule has 3 rings (SSSR count). The van der Waals surface area contributed by atoms with Crippen molar-refractivity contribution in [2.24, 2.45) is 0 Å². The quantitative estimate of drug-likeness (QED) is 0.356. The molecular weight excluding hydrogens is 490 g/mol. The van der Waals surface area contributed by atoms with Gasteiger partial charge in [0.25, 0.3) is 0 Å². The summed E-state index contributed by atoms with van der Waals surface area (Å²) < 4.78 is 0. The summed E-state index contributed by atoms with van der Waals surface area (Å²) in [6.45, 7) is 6.08. The van der Waals surface area contributed by atoms with Crippen LogP contribution in [-0.2, 0) is 0 Å². The third-order valence-electron chi connectivity index (χ3n) is 2.59. The van der Waals surface area contributed by atoms with Crippen molar-refractivity contribution in [2.75, 3.05) is 0 Å². The zero-order chi connectivity index (χ0) is 15.3. The van der Waals surface area contributed by atoms with Gasteiger partial charge in [-0.15, -0.1) is 0 Å². The molecule has 3 aromatic rings. The molecule has 0 heterocycles. The second-order valence-corrected chi connectivity index (χ2v) is 4.64. The van der Waals surface area contributed by atoms with Gasteiger partial charge in [-0.25, -0.2) is 0 Å². The minimum absolute atomic E-state index is 0. The number of hydrogen-bond donors (Lipinski definition) is 0. The standard InChI is InChI=1S/3C7H7.U/c3*1-7-5-3-2-4-6-7;/h3*2-5H,1H3;/q3*-1;+3. The van der Waals surface area contributed by atoms with Crippen molar-refractivity contribution in [3.8, 4) is 0 Å². The largest absolute Gasteiger partial charge is 3.00 e. The van der Waals surface area contributed by atoms with Crippen LogP contribution >= 0.6 is 0 Å². The Hall–Kier alpha value is -1.29. The molecule has 22 heavy (non-hydrogen) atoms. The third-order valence-corrected chi connectivity index (χ3v) is 2.59. The summed E-state index contributed by atoms with van der Waals surface area (Å²) in [4.78, 5) is 0. The number of benzene rings is 3. The molecule has 0 saturated carbocycles. The van der Waals surface area contributed by atoms with E-state index in [0.29, 0.717) is 0 Å². The van der Waals surface area contributed by atoms with E-state index in [4.69, 9.17) is 0 Å². The predicted octanol–water partition coefficient (Wildman–Crippen LogP) is 5.39. The van der Waals surface area contributed by atoms with Gasteiger partial charge in [0.15, 0.2) is 0 Å². The molecule has 0 atom stereocenters. The summed E-state index contributed by atoms with van der Waals surface area (Å²) >= 11 is 0. The first-order valence-corrected chi connectivity index (χ1v) is 6.98. The van der Waals surface area contributed by atoms with E-state index in [-0.39, 0.29) is 31.1 Å². The molecule has 0 aromatic heterocycles. The second kappa shape index (κ2) is 13.4. The fourth-order valence-electron chi connectivity index (χ4n) is 1.45. The fraction of sp³-hybridized carbons (Fsp3) is 0.143. The Morgan fingerprint density at radius 3 is 0.864 bits per heavy atom. The van der Waals surface area contributed by atoms with Crippen LogP contribution in [0.5, 0.6) is 0 Å². The summed E-state index contributed by atoms with van der Waals surface area (Å²) in [6.07, 6.45) is 0. The average Bonchev–Trinajstić information content (AvgIpc) is 2.51. The van der Waals surface area contributed by atoms with Crippen LogP contribution in [0.3, 0.4) is 0 Å². The summed E-state index contributed by atoms with van der Waals surface area (Å²) in [5, 5.41) is 0. The summed E-state index contributed by atoms with van der Waals surface area (Å²) in [6, 6.07) is 32.8. The van der Waals surface area contributed by atoms with Gasteiger partial charge in [0, 0.05) is 0 Å². The molecular formula is C21H21U. The smallest absolute Gasteiger partial charge is 0.181 e. The summed E-state index contributed by atoms with van der Waals surface area (Å²) in [5.74, 6) is 0. The van der Waals surface area contributed by atoms with Crippen LogP contribution in [0.1, 0.15) is 16.7 Å². The second-order valence-electron chi connectivity index (χ2n) is 4.64. The average molecular weight is 511 g/mol. The zero-order valence-electron chi connectivity index (χ0n) is 13.4. The van der Waals surface area contributed by atoms with Crippen molar-refractivity contribution < 1.29 is 31.1 Å². The molecule has 0 nitrogen and oxygen atoms in total. The first-order valence-electron chi connectivity index (χ1n) is 6.98. The van der Waals surface area contributed by atoms with E-state index in [1.807, 2.05) is 93.6 Å². The van der Waals surface area contributed by atoms with Gasteiger partial charge in [0.05, 0.1) is 0 Å². The minimum Gasteiger partial charge on any atom is -0.181 e. The number of aryl methyl sites for hydroxylation is 3. The van der Waals surface area contributed by atoms with Gasteiger partial charge >= 0.3 is 31.1 Å². The van der Waals surface area contributed by atoms with E-state index in [1.54, 1.807) is 0 Å². The molecule has 0 saturated heterocycles. The Morgan fingerprint density at radius 2 is 0.773 bits per heavy atom. The van der Waals surface area contributed by atoms with Crippen molar-refractivity contribution in [3.05, 3.63) is 108 Å². The van der Waals surface area contributed by atoms with Crippen molar-refractivity contribution >= 4 is 0 Å². The van der Waals surface area contributed by atoms with Gasteiger partial charge in [-0.3, -0.25) is 0 Å². The monoisotopic (exact) mass is 511 g/mol. The van der Waals surface area contributed by atoms with E-state index in [2.05, 4.69) is 18.2 Å². The first kappa shape index (κ1) is 20.7. The van der Waals surface area contributed by atoms with Gasteiger partial charge < -0.3 is 0 Å². The van der Waals surface area contributed by atoms with E-state index in [9.17, 15) is 0 Å². The predicted molar refractivity (Wildman–Crippen MR) is 90.0 cm³/mol. The maximum absolute atomic E-state index is 3.03. The maximum atomic E-state index is 3.03. The van der Waals surface area contributed by atoms with Gasteiger partial charge in [0.1, 0.15) is 0 Å². The van der Waals surface area contributed by atoms with Crippen molar-refractivity contribution in [1.29, 1.82) is 0 Å². The Bertz CT molecular complexity index is 485. The van der Waals surface area contributed by atoms with E-state index in [1.165, 1.54) is 16.7 Å². The Morgan fingerprint density at radius 1 is 0.500 bits per heavy atom. The summed E-state index contributed by atoms with van der Waals surface area (Å²) in [5.41, 5.74) is 3.59. The number of rotatable bonds is 0. The first-order chi connectivity index (χ1) is 10.2. The Labute approximate surface area is 159 Å². The van der Waals surface area contributed by atoms with Crippen LogP contribution in [0.4, 0.5) is 0 Å². The van der Waals surface area contributed by atoms with E-state index >= 15 is 0 Å². The van der Waals surface area contributed by atoms with Gasteiger partial charge in [0.2, 0.25) is 0 Å². The topological polar surface area (TPSA) is 0 Å². The Balaban J connectivity index is 0.000000294. The molecule has 1 radical (unpaired) electrons. The maximum Gasteiger partial charge on any atom is 3.00 e.